The minimum Gasteiger partial charge on any atom is -0.399 e. The van der Waals surface area contributed by atoms with Gasteiger partial charge in [0.25, 0.3) is 5.91 Å². The first-order valence-electron chi connectivity index (χ1n) is 11.4. The third kappa shape index (κ3) is 3.83. The lowest BCUT2D eigenvalue weighted by molar-refractivity contribution is 0.00578. The van der Waals surface area contributed by atoms with Gasteiger partial charge in [-0.1, -0.05) is 12.1 Å². The molecule has 0 radical (unpaired) electrons. The second kappa shape index (κ2) is 7.35. The second-order valence-corrected chi connectivity index (χ2v) is 11.1. The molecule has 164 valence electrons. The summed E-state index contributed by atoms with van der Waals surface area (Å²) in [6, 6.07) is 6.46. The number of carbonyl (C=O) groups excluding carboxylic acids is 1. The van der Waals surface area contributed by atoms with Crippen LogP contribution in [0.1, 0.15) is 77.2 Å². The van der Waals surface area contributed by atoms with E-state index >= 15 is 0 Å². The molecule has 1 aromatic carbocycles. The van der Waals surface area contributed by atoms with Gasteiger partial charge in [-0.2, -0.15) is 0 Å². The summed E-state index contributed by atoms with van der Waals surface area (Å²) >= 11 is 0. The summed E-state index contributed by atoms with van der Waals surface area (Å²) in [5, 5.41) is 0. The molecule has 0 saturated carbocycles. The Labute approximate surface area is 182 Å². The predicted molar refractivity (Wildman–Crippen MR) is 121 cm³/mol. The Morgan fingerprint density at radius 1 is 1.00 bits per heavy atom. The van der Waals surface area contributed by atoms with E-state index in [9.17, 15) is 4.79 Å². The number of nitrogens with zero attached hydrogens (tertiary/aromatic N) is 2. The summed E-state index contributed by atoms with van der Waals surface area (Å²) in [6.07, 6.45) is 3.02. The smallest absolute Gasteiger partial charge is 0.399 e. The minimum absolute atomic E-state index is 0.186. The van der Waals surface area contributed by atoms with Crippen LogP contribution in [0.25, 0.3) is 0 Å². The fraction of sp³-hybridized carbons (Fsp3) is 0.708. The van der Waals surface area contributed by atoms with Crippen molar-refractivity contribution in [1.82, 2.24) is 9.80 Å². The number of amides is 1. The predicted octanol–water partition coefficient (Wildman–Crippen LogP) is 3.25. The van der Waals surface area contributed by atoms with Crippen LogP contribution in [0.4, 0.5) is 0 Å². The lowest BCUT2D eigenvalue weighted by Crippen LogP contribution is -2.53. The molecule has 0 aliphatic carbocycles. The molecular formula is C24H37BN2O3. The van der Waals surface area contributed by atoms with Crippen LogP contribution in [-0.4, -0.2) is 65.2 Å². The zero-order chi connectivity index (χ0) is 21.9. The van der Waals surface area contributed by atoms with Crippen LogP contribution in [0.3, 0.4) is 0 Å². The van der Waals surface area contributed by atoms with Gasteiger partial charge < -0.3 is 14.2 Å². The fourth-order valence-corrected chi connectivity index (χ4v) is 4.85. The van der Waals surface area contributed by atoms with E-state index in [1.807, 2.05) is 12.1 Å². The van der Waals surface area contributed by atoms with Gasteiger partial charge in [0.15, 0.2) is 0 Å². The van der Waals surface area contributed by atoms with E-state index in [2.05, 4.69) is 64.3 Å². The number of rotatable bonds is 2. The molecule has 6 heteroatoms. The van der Waals surface area contributed by atoms with E-state index in [0.717, 1.165) is 55.5 Å². The standard InChI is InChI=1S/C24H37BN2O3/c1-22(2,3)26-13-11-19(12-14-26)27-15-10-17-16-18(8-9-20(17)21(27)28)25-29-23(4,5)24(6,7)30-25/h8-9,16,19H,10-15H2,1-7H3. The largest absolute Gasteiger partial charge is 0.494 e. The molecule has 0 bridgehead atoms. The molecule has 4 rings (SSSR count). The van der Waals surface area contributed by atoms with Gasteiger partial charge in [0.05, 0.1) is 11.2 Å². The fourth-order valence-electron chi connectivity index (χ4n) is 4.85. The van der Waals surface area contributed by atoms with Crippen molar-refractivity contribution in [3.05, 3.63) is 29.3 Å². The summed E-state index contributed by atoms with van der Waals surface area (Å²) in [5.74, 6) is 0.186. The van der Waals surface area contributed by atoms with Crippen LogP contribution in [0.15, 0.2) is 18.2 Å². The Morgan fingerprint density at radius 2 is 1.60 bits per heavy atom. The minimum atomic E-state index is -0.379. The third-order valence-electron chi connectivity index (χ3n) is 7.62. The number of benzene rings is 1. The molecule has 30 heavy (non-hydrogen) atoms. The van der Waals surface area contributed by atoms with Crippen LogP contribution >= 0.6 is 0 Å². The van der Waals surface area contributed by atoms with Gasteiger partial charge in [0.1, 0.15) is 0 Å². The number of hydrogen-bond acceptors (Lipinski definition) is 4. The lowest BCUT2D eigenvalue weighted by atomic mass is 9.77. The quantitative estimate of drug-likeness (QED) is 0.700. The molecule has 0 N–H and O–H groups in total. The zero-order valence-corrected chi connectivity index (χ0v) is 19.7. The summed E-state index contributed by atoms with van der Waals surface area (Å²) in [7, 11) is -0.379. The van der Waals surface area contributed by atoms with Gasteiger partial charge in [-0.25, -0.2) is 0 Å². The number of carbonyl (C=O) groups is 1. The molecule has 0 unspecified atom stereocenters. The maximum atomic E-state index is 13.3. The summed E-state index contributed by atoms with van der Waals surface area (Å²) in [5.41, 5.74) is 2.46. The molecule has 0 atom stereocenters. The van der Waals surface area contributed by atoms with Crippen molar-refractivity contribution < 1.29 is 14.1 Å². The Bertz CT molecular complexity index is 806. The van der Waals surface area contributed by atoms with Crippen molar-refractivity contribution in [2.45, 2.75) is 90.5 Å². The van der Waals surface area contributed by atoms with Gasteiger partial charge in [-0.05, 0) is 84.8 Å². The molecule has 0 aromatic heterocycles. The monoisotopic (exact) mass is 412 g/mol. The average molecular weight is 412 g/mol. The molecule has 2 fully saturated rings. The van der Waals surface area contributed by atoms with Crippen molar-refractivity contribution in [2.75, 3.05) is 19.6 Å². The van der Waals surface area contributed by atoms with E-state index in [1.54, 1.807) is 0 Å². The highest BCUT2D eigenvalue weighted by Crippen LogP contribution is 2.37. The lowest BCUT2D eigenvalue weighted by Gasteiger charge is -2.44. The van der Waals surface area contributed by atoms with Gasteiger partial charge in [-0.3, -0.25) is 9.69 Å². The second-order valence-electron chi connectivity index (χ2n) is 11.1. The highest BCUT2D eigenvalue weighted by Gasteiger charge is 2.51. The van der Waals surface area contributed by atoms with Crippen LogP contribution < -0.4 is 5.46 Å². The number of hydrogen-bond donors (Lipinski definition) is 0. The van der Waals surface area contributed by atoms with Crippen molar-refractivity contribution in [3.63, 3.8) is 0 Å². The Morgan fingerprint density at radius 3 is 2.17 bits per heavy atom. The number of fused-ring (bicyclic) bond motifs is 1. The van der Waals surface area contributed by atoms with Crippen molar-refractivity contribution >= 4 is 18.5 Å². The van der Waals surface area contributed by atoms with Crippen LogP contribution in [-0.2, 0) is 15.7 Å². The zero-order valence-electron chi connectivity index (χ0n) is 19.7. The molecule has 3 aliphatic heterocycles. The highest BCUT2D eigenvalue weighted by molar-refractivity contribution is 6.62. The van der Waals surface area contributed by atoms with Gasteiger partial charge >= 0.3 is 7.12 Å². The van der Waals surface area contributed by atoms with Crippen molar-refractivity contribution in [2.24, 2.45) is 0 Å². The first kappa shape index (κ1) is 21.9. The van der Waals surface area contributed by atoms with Crippen molar-refractivity contribution in [1.29, 1.82) is 0 Å². The third-order valence-corrected chi connectivity index (χ3v) is 7.62. The van der Waals surface area contributed by atoms with Gasteiger partial charge in [-0.15, -0.1) is 0 Å². The molecule has 0 spiro atoms. The van der Waals surface area contributed by atoms with Crippen LogP contribution in [0.5, 0.6) is 0 Å². The average Bonchev–Trinajstić information content (AvgIpc) is 2.88. The Balaban J connectivity index is 1.47. The van der Waals surface area contributed by atoms with E-state index in [0.29, 0.717) is 6.04 Å². The molecule has 1 aromatic rings. The van der Waals surface area contributed by atoms with Crippen LogP contribution in [0, 0.1) is 0 Å². The topological polar surface area (TPSA) is 42.0 Å². The van der Waals surface area contributed by atoms with E-state index < -0.39 is 0 Å². The normalized spacial score (nSPS) is 25.0. The molecule has 2 saturated heterocycles. The Hall–Kier alpha value is -1.37. The molecule has 5 nitrogen and oxygen atoms in total. The summed E-state index contributed by atoms with van der Waals surface area (Å²) in [4.78, 5) is 17.9. The maximum Gasteiger partial charge on any atom is 0.494 e. The number of piperidine rings is 1. The molecule has 1 amide bonds. The summed E-state index contributed by atoms with van der Waals surface area (Å²) in [6.45, 7) is 18.0. The van der Waals surface area contributed by atoms with E-state index in [4.69, 9.17) is 9.31 Å². The van der Waals surface area contributed by atoms with Crippen LogP contribution in [0.2, 0.25) is 0 Å². The first-order valence-corrected chi connectivity index (χ1v) is 11.4. The van der Waals surface area contributed by atoms with Gasteiger partial charge in [0, 0.05) is 36.8 Å². The van der Waals surface area contributed by atoms with E-state index in [1.165, 1.54) is 0 Å². The number of likely N-dealkylation sites (tertiary alicyclic amines) is 1. The highest BCUT2D eigenvalue weighted by atomic mass is 16.7. The molecule has 3 heterocycles. The molecular weight excluding hydrogens is 375 g/mol. The van der Waals surface area contributed by atoms with E-state index in [-0.39, 0.29) is 29.8 Å². The molecule has 3 aliphatic rings. The Kier molecular flexibility index (Phi) is 5.36. The summed E-state index contributed by atoms with van der Waals surface area (Å²) < 4.78 is 12.4. The first-order chi connectivity index (χ1) is 13.9. The van der Waals surface area contributed by atoms with Gasteiger partial charge in [0.2, 0.25) is 0 Å². The van der Waals surface area contributed by atoms with Crippen molar-refractivity contribution in [3.8, 4) is 0 Å². The SMILES string of the molecule is CC(C)(C)N1CCC(N2CCc3cc(B4OC(C)(C)C(C)(C)O4)ccc3C2=O)CC1. The maximum absolute atomic E-state index is 13.3.